The maximum Gasteiger partial charge on any atom is 0.397 e. The van der Waals surface area contributed by atoms with E-state index in [4.69, 9.17) is 9.47 Å². The van der Waals surface area contributed by atoms with Crippen LogP contribution in [0.25, 0.3) is 10.9 Å². The van der Waals surface area contributed by atoms with E-state index in [1.54, 1.807) is 32.0 Å². The van der Waals surface area contributed by atoms with E-state index >= 15 is 0 Å². The number of H-pyrrole nitrogens is 1. The molecule has 0 aliphatic carbocycles. The van der Waals surface area contributed by atoms with Gasteiger partial charge in [-0.2, -0.15) is 0 Å². The molecule has 1 unspecified atom stereocenters. The smallest absolute Gasteiger partial charge is 0.397 e. The Hall–Kier alpha value is -3.90. The number of benzene rings is 1. The van der Waals surface area contributed by atoms with E-state index in [9.17, 15) is 24.3 Å². The van der Waals surface area contributed by atoms with Gasteiger partial charge in [-0.1, -0.05) is 0 Å². The number of anilines is 1. The first-order valence-corrected chi connectivity index (χ1v) is 12.3. The molecule has 5 N–H and O–H groups in total. The average Bonchev–Trinajstić information content (AvgIpc) is 3.43. The Balaban J connectivity index is 1.55. The summed E-state index contributed by atoms with van der Waals surface area (Å²) in [5.41, 5.74) is 1.97. The fourth-order valence-corrected chi connectivity index (χ4v) is 5.34. The molecule has 36 heavy (non-hydrogen) atoms. The number of fused-ring (bicyclic) bond motifs is 2. The molecule has 0 saturated heterocycles. The second-order valence-electron chi connectivity index (χ2n) is 7.97. The van der Waals surface area contributed by atoms with Crippen LogP contribution in [-0.4, -0.2) is 60.1 Å². The van der Waals surface area contributed by atoms with Crippen LogP contribution in [0.3, 0.4) is 0 Å². The molecule has 3 heterocycles. The fraction of sp³-hybridized carbons (Fsp3) is 0.333. The van der Waals surface area contributed by atoms with Gasteiger partial charge in [0, 0.05) is 22.3 Å². The van der Waals surface area contributed by atoms with Crippen molar-refractivity contribution in [3.63, 3.8) is 0 Å². The van der Waals surface area contributed by atoms with E-state index < -0.39 is 17.8 Å². The first-order valence-electron chi connectivity index (χ1n) is 11.5. The molecule has 1 aliphatic rings. The van der Waals surface area contributed by atoms with Crippen LogP contribution in [0.4, 0.5) is 5.00 Å². The number of phenols is 1. The van der Waals surface area contributed by atoms with Crippen molar-refractivity contribution in [1.82, 2.24) is 15.6 Å². The molecule has 0 radical (unpaired) electrons. The van der Waals surface area contributed by atoms with Crippen molar-refractivity contribution >= 4 is 51.0 Å². The molecule has 11 nitrogen and oxygen atoms in total. The van der Waals surface area contributed by atoms with E-state index in [1.165, 1.54) is 6.07 Å². The summed E-state index contributed by atoms with van der Waals surface area (Å²) in [6, 6.07) is 6.09. The maximum absolute atomic E-state index is 12.8. The molecule has 190 valence electrons. The van der Waals surface area contributed by atoms with E-state index in [1.807, 2.05) is 0 Å². The van der Waals surface area contributed by atoms with Crippen molar-refractivity contribution in [2.75, 3.05) is 31.6 Å². The molecular formula is C24H26N4O7S. The van der Waals surface area contributed by atoms with Crippen molar-refractivity contribution in [1.29, 1.82) is 0 Å². The average molecular weight is 515 g/mol. The van der Waals surface area contributed by atoms with Crippen LogP contribution in [0.5, 0.6) is 5.75 Å². The number of ether oxygens (including phenoxy) is 2. The highest BCUT2D eigenvalue weighted by atomic mass is 32.1. The van der Waals surface area contributed by atoms with Gasteiger partial charge < -0.3 is 35.5 Å². The monoisotopic (exact) mass is 514 g/mol. The van der Waals surface area contributed by atoms with Gasteiger partial charge in [-0.15, -0.1) is 11.3 Å². The van der Waals surface area contributed by atoms with Gasteiger partial charge in [-0.05, 0) is 56.6 Å². The molecule has 4 rings (SSSR count). The number of thiophene rings is 1. The Bertz CT molecular complexity index is 1330. The van der Waals surface area contributed by atoms with Crippen LogP contribution in [-0.2, 0) is 25.5 Å². The highest BCUT2D eigenvalue weighted by Gasteiger charge is 2.32. The summed E-state index contributed by atoms with van der Waals surface area (Å²) in [5.74, 6) is -2.86. The van der Waals surface area contributed by atoms with Crippen LogP contribution in [0.1, 0.15) is 51.2 Å². The summed E-state index contributed by atoms with van der Waals surface area (Å²) in [6.45, 7) is 4.20. The highest BCUT2D eigenvalue weighted by molar-refractivity contribution is 7.17. The minimum absolute atomic E-state index is 0.0428. The van der Waals surface area contributed by atoms with Crippen LogP contribution in [0.15, 0.2) is 24.3 Å². The summed E-state index contributed by atoms with van der Waals surface area (Å²) in [6.07, 6.45) is 0.505. The van der Waals surface area contributed by atoms with Crippen LogP contribution in [0.2, 0.25) is 0 Å². The van der Waals surface area contributed by atoms with Gasteiger partial charge in [-0.25, -0.2) is 9.59 Å². The number of aromatic hydroxyl groups is 1. The lowest BCUT2D eigenvalue weighted by molar-refractivity contribution is -0.152. The molecule has 0 saturated carbocycles. The molecule has 2 amide bonds. The number of hydrogen-bond acceptors (Lipinski definition) is 9. The summed E-state index contributed by atoms with van der Waals surface area (Å²) in [4.78, 5) is 53.4. The number of aromatic nitrogens is 1. The minimum Gasteiger partial charge on any atom is -0.508 e. The topological polar surface area (TPSA) is 159 Å². The SMILES string of the molecule is CCOC(=O)C(=O)Nc1sc2c(c1C(=O)OCC)CCNC2CNC(=O)c1cc2cc(O)ccc2[nH]1. The Morgan fingerprint density at radius 2 is 1.92 bits per heavy atom. The Kier molecular flexibility index (Phi) is 7.55. The second-order valence-corrected chi connectivity index (χ2v) is 9.02. The fourth-order valence-electron chi connectivity index (χ4n) is 4.03. The lowest BCUT2D eigenvalue weighted by Crippen LogP contribution is -2.38. The predicted octanol–water partition coefficient (Wildman–Crippen LogP) is 2.23. The third kappa shape index (κ3) is 5.19. The van der Waals surface area contributed by atoms with Crippen molar-refractivity contribution in [3.05, 3.63) is 46.0 Å². The first kappa shape index (κ1) is 25.2. The normalized spacial score (nSPS) is 14.7. The molecule has 1 aliphatic heterocycles. The molecule has 0 spiro atoms. The lowest BCUT2D eigenvalue weighted by Gasteiger charge is -2.24. The maximum atomic E-state index is 12.8. The number of phenolic OH excluding ortho intramolecular Hbond substituents is 1. The number of nitrogens with one attached hydrogen (secondary N) is 4. The summed E-state index contributed by atoms with van der Waals surface area (Å²) < 4.78 is 9.94. The Morgan fingerprint density at radius 1 is 1.14 bits per heavy atom. The van der Waals surface area contributed by atoms with Crippen LogP contribution in [0, 0.1) is 0 Å². The number of amides is 2. The van der Waals surface area contributed by atoms with E-state index in [2.05, 4.69) is 20.9 Å². The molecule has 0 fully saturated rings. The van der Waals surface area contributed by atoms with Gasteiger partial charge >= 0.3 is 17.8 Å². The van der Waals surface area contributed by atoms with Crippen LogP contribution >= 0.6 is 11.3 Å². The molecule has 0 bridgehead atoms. The third-order valence-corrected chi connectivity index (χ3v) is 6.86. The lowest BCUT2D eigenvalue weighted by atomic mass is 9.99. The summed E-state index contributed by atoms with van der Waals surface area (Å²) in [5, 5.41) is 19.2. The van der Waals surface area contributed by atoms with Crippen molar-refractivity contribution in [3.8, 4) is 5.75 Å². The number of esters is 2. The highest BCUT2D eigenvalue weighted by Crippen LogP contribution is 2.40. The summed E-state index contributed by atoms with van der Waals surface area (Å²) >= 11 is 1.15. The summed E-state index contributed by atoms with van der Waals surface area (Å²) in [7, 11) is 0. The standard InChI is InChI=1S/C24H26N4O7S/c1-3-34-23(32)18-14-7-8-25-17(19(14)36-22(18)28-21(31)24(33)35-4-2)11-26-20(30)16-10-12-9-13(29)5-6-15(12)27-16/h5-6,9-10,17,25,27,29H,3-4,7-8,11H2,1-2H3,(H,26,30)(H,28,31). The molecule has 1 atom stereocenters. The zero-order valence-corrected chi connectivity index (χ0v) is 20.5. The van der Waals surface area contributed by atoms with Gasteiger partial charge in [0.05, 0.1) is 24.8 Å². The molecule has 12 heteroatoms. The zero-order chi connectivity index (χ0) is 25.8. The molecule has 3 aromatic rings. The Morgan fingerprint density at radius 3 is 2.67 bits per heavy atom. The van der Waals surface area contributed by atoms with Gasteiger partial charge in [0.15, 0.2) is 0 Å². The molecule has 1 aromatic carbocycles. The first-order chi connectivity index (χ1) is 17.3. The Labute approximate surface area is 210 Å². The largest absolute Gasteiger partial charge is 0.508 e. The van der Waals surface area contributed by atoms with Gasteiger partial charge in [0.25, 0.3) is 5.91 Å². The van der Waals surface area contributed by atoms with E-state index in [0.29, 0.717) is 29.6 Å². The number of carbonyl (C=O) groups is 4. The molecular weight excluding hydrogens is 488 g/mol. The second kappa shape index (κ2) is 10.8. The zero-order valence-electron chi connectivity index (χ0n) is 19.7. The number of aromatic amines is 1. The number of carbonyl (C=O) groups excluding carboxylic acids is 4. The van der Waals surface area contributed by atoms with Crippen LogP contribution < -0.4 is 16.0 Å². The van der Waals surface area contributed by atoms with Gasteiger partial charge in [0.2, 0.25) is 0 Å². The van der Waals surface area contributed by atoms with Crippen molar-refractivity contribution in [2.45, 2.75) is 26.3 Å². The number of hydrogen-bond donors (Lipinski definition) is 5. The third-order valence-electron chi connectivity index (χ3n) is 5.60. The quantitative estimate of drug-likeness (QED) is 0.237. The van der Waals surface area contributed by atoms with E-state index in [-0.39, 0.29) is 48.0 Å². The minimum atomic E-state index is -1.05. The van der Waals surface area contributed by atoms with Gasteiger partial charge in [0.1, 0.15) is 16.4 Å². The molecule has 2 aromatic heterocycles. The van der Waals surface area contributed by atoms with Gasteiger partial charge in [-0.3, -0.25) is 9.59 Å². The number of rotatable bonds is 7. The van der Waals surface area contributed by atoms with Crippen molar-refractivity contribution in [2.24, 2.45) is 0 Å². The predicted molar refractivity (Wildman–Crippen MR) is 132 cm³/mol. The van der Waals surface area contributed by atoms with E-state index in [0.717, 1.165) is 21.7 Å². The van der Waals surface area contributed by atoms with Crippen molar-refractivity contribution < 1.29 is 33.8 Å².